The van der Waals surface area contributed by atoms with Crippen molar-refractivity contribution in [1.29, 1.82) is 0 Å². The summed E-state index contributed by atoms with van der Waals surface area (Å²) >= 11 is 2.48. The van der Waals surface area contributed by atoms with Crippen LogP contribution in [0.25, 0.3) is 0 Å². The summed E-state index contributed by atoms with van der Waals surface area (Å²) in [5.74, 6) is 0. The molecule has 0 aliphatic heterocycles. The molecule has 1 heteroatoms. The van der Waals surface area contributed by atoms with Gasteiger partial charge in [-0.15, -0.1) is 0 Å². The van der Waals surface area contributed by atoms with Crippen LogP contribution in [0.2, 0.25) is 0 Å². The third-order valence-corrected chi connectivity index (χ3v) is 2.19. The largest absolute Gasteiger partial charge is 0.0743 e. The summed E-state index contributed by atoms with van der Waals surface area (Å²) in [5.41, 5.74) is 1.48. The van der Waals surface area contributed by atoms with E-state index in [0.717, 1.165) is 0 Å². The van der Waals surface area contributed by atoms with E-state index >= 15 is 0 Å². The van der Waals surface area contributed by atoms with Crippen LogP contribution in [0.4, 0.5) is 0 Å². The van der Waals surface area contributed by atoms with Crippen molar-refractivity contribution >= 4 is 22.6 Å². The van der Waals surface area contributed by atoms with Crippen LogP contribution in [0.15, 0.2) is 23.8 Å². The fourth-order valence-corrected chi connectivity index (χ4v) is 1.89. The molecule has 1 aliphatic rings. The first-order valence-corrected chi connectivity index (χ1v) is 4.22. The van der Waals surface area contributed by atoms with Gasteiger partial charge in [0.2, 0.25) is 0 Å². The minimum Gasteiger partial charge on any atom is -0.0743 e. The van der Waals surface area contributed by atoms with Crippen LogP contribution < -0.4 is 0 Å². The van der Waals surface area contributed by atoms with E-state index in [0.29, 0.717) is 3.42 Å². The van der Waals surface area contributed by atoms with E-state index in [9.17, 15) is 0 Å². The molecule has 1 unspecified atom stereocenters. The van der Waals surface area contributed by atoms with Crippen LogP contribution in [0, 0.1) is 0 Å². The number of hydrogen-bond acceptors (Lipinski definition) is 0. The zero-order valence-corrected chi connectivity index (χ0v) is 7.97. The standard InChI is InChI=1S/C8H11I/c1-7-4-3-5-8(2,9)6-7/h3-5H,6H2,1-2H3. The van der Waals surface area contributed by atoms with Crippen molar-refractivity contribution in [2.24, 2.45) is 0 Å². The van der Waals surface area contributed by atoms with Gasteiger partial charge in [-0.25, -0.2) is 0 Å². The predicted molar refractivity (Wildman–Crippen MR) is 49.9 cm³/mol. The van der Waals surface area contributed by atoms with Crippen LogP contribution in [0.3, 0.4) is 0 Å². The summed E-state index contributed by atoms with van der Waals surface area (Å²) in [4.78, 5) is 0. The molecular weight excluding hydrogens is 223 g/mol. The Kier molecular flexibility index (Phi) is 1.99. The summed E-state index contributed by atoms with van der Waals surface area (Å²) in [6.45, 7) is 4.43. The Labute approximate surface area is 70.2 Å². The van der Waals surface area contributed by atoms with Gasteiger partial charge in [0.05, 0.1) is 0 Å². The highest BCUT2D eigenvalue weighted by Crippen LogP contribution is 2.30. The van der Waals surface area contributed by atoms with Crippen LogP contribution in [0.1, 0.15) is 20.3 Å². The van der Waals surface area contributed by atoms with E-state index in [1.165, 1.54) is 12.0 Å². The SMILES string of the molecule is CC1=CC=CC(C)(I)C1. The monoisotopic (exact) mass is 234 g/mol. The fraction of sp³-hybridized carbons (Fsp3) is 0.500. The highest BCUT2D eigenvalue weighted by molar-refractivity contribution is 14.1. The lowest BCUT2D eigenvalue weighted by Gasteiger charge is -2.20. The molecule has 0 aromatic carbocycles. The van der Waals surface area contributed by atoms with Crippen LogP contribution in [-0.2, 0) is 0 Å². The van der Waals surface area contributed by atoms with E-state index < -0.39 is 0 Å². The minimum absolute atomic E-state index is 0.372. The average Bonchev–Trinajstić information content (AvgIpc) is 1.60. The van der Waals surface area contributed by atoms with Crippen molar-refractivity contribution in [3.63, 3.8) is 0 Å². The lowest BCUT2D eigenvalue weighted by Crippen LogP contribution is -2.13. The maximum atomic E-state index is 2.48. The second-order valence-corrected chi connectivity index (χ2v) is 5.29. The normalized spacial score (nSPS) is 34.3. The molecule has 1 aliphatic carbocycles. The van der Waals surface area contributed by atoms with Crippen molar-refractivity contribution in [1.82, 2.24) is 0 Å². The summed E-state index contributed by atoms with van der Waals surface area (Å²) in [6, 6.07) is 0. The molecule has 0 aromatic heterocycles. The van der Waals surface area contributed by atoms with Gasteiger partial charge in [0.25, 0.3) is 0 Å². The average molecular weight is 234 g/mol. The molecular formula is C8H11I. The third kappa shape index (κ3) is 2.12. The molecule has 0 radical (unpaired) electrons. The van der Waals surface area contributed by atoms with Crippen LogP contribution >= 0.6 is 22.6 Å². The van der Waals surface area contributed by atoms with Crippen LogP contribution in [-0.4, -0.2) is 3.42 Å². The first-order chi connectivity index (χ1) is 4.10. The Balaban J connectivity index is 2.73. The molecule has 50 valence electrons. The van der Waals surface area contributed by atoms with Crippen molar-refractivity contribution in [2.75, 3.05) is 0 Å². The molecule has 0 bridgehead atoms. The van der Waals surface area contributed by atoms with Gasteiger partial charge in [0, 0.05) is 3.42 Å². The molecule has 0 spiro atoms. The zero-order chi connectivity index (χ0) is 6.91. The molecule has 0 heterocycles. The summed E-state index contributed by atoms with van der Waals surface area (Å²) in [7, 11) is 0. The zero-order valence-electron chi connectivity index (χ0n) is 5.82. The fourth-order valence-electron chi connectivity index (χ4n) is 1.08. The van der Waals surface area contributed by atoms with E-state index in [2.05, 4.69) is 54.7 Å². The van der Waals surface area contributed by atoms with Gasteiger partial charge < -0.3 is 0 Å². The third-order valence-electron chi connectivity index (χ3n) is 1.45. The van der Waals surface area contributed by atoms with Crippen molar-refractivity contribution in [2.45, 2.75) is 23.7 Å². The van der Waals surface area contributed by atoms with Gasteiger partial charge >= 0.3 is 0 Å². The Morgan fingerprint density at radius 1 is 1.67 bits per heavy atom. The van der Waals surface area contributed by atoms with E-state index in [-0.39, 0.29) is 0 Å². The van der Waals surface area contributed by atoms with Gasteiger partial charge in [-0.1, -0.05) is 46.4 Å². The number of allylic oxidation sites excluding steroid dienone is 4. The van der Waals surface area contributed by atoms with Crippen molar-refractivity contribution < 1.29 is 0 Å². The lowest BCUT2D eigenvalue weighted by molar-refractivity contribution is 0.798. The second-order valence-electron chi connectivity index (χ2n) is 2.83. The molecule has 9 heavy (non-hydrogen) atoms. The molecule has 1 atom stereocenters. The van der Waals surface area contributed by atoms with Gasteiger partial charge in [-0.3, -0.25) is 0 Å². The molecule has 0 aromatic rings. The number of halogens is 1. The Morgan fingerprint density at radius 2 is 2.33 bits per heavy atom. The van der Waals surface area contributed by atoms with Gasteiger partial charge in [0.1, 0.15) is 0 Å². The molecule has 0 fully saturated rings. The maximum Gasteiger partial charge on any atom is 0.0412 e. The molecule has 1 rings (SSSR count). The van der Waals surface area contributed by atoms with E-state index in [1.807, 2.05) is 0 Å². The molecule has 0 saturated heterocycles. The van der Waals surface area contributed by atoms with Gasteiger partial charge in [-0.05, 0) is 20.3 Å². The molecule has 0 amide bonds. The quantitative estimate of drug-likeness (QED) is 0.446. The topological polar surface area (TPSA) is 0 Å². The number of alkyl halides is 1. The van der Waals surface area contributed by atoms with Crippen LogP contribution in [0.5, 0.6) is 0 Å². The number of rotatable bonds is 0. The van der Waals surface area contributed by atoms with Gasteiger partial charge in [-0.2, -0.15) is 0 Å². The Morgan fingerprint density at radius 3 is 2.67 bits per heavy atom. The summed E-state index contributed by atoms with van der Waals surface area (Å²) < 4.78 is 0.372. The predicted octanol–water partition coefficient (Wildman–Crippen LogP) is 3.09. The molecule has 0 nitrogen and oxygen atoms in total. The maximum absolute atomic E-state index is 2.48. The van der Waals surface area contributed by atoms with E-state index in [4.69, 9.17) is 0 Å². The van der Waals surface area contributed by atoms with Crippen molar-refractivity contribution in [3.8, 4) is 0 Å². The lowest BCUT2D eigenvalue weighted by atomic mass is 9.97. The summed E-state index contributed by atoms with van der Waals surface area (Å²) in [6.07, 6.45) is 7.77. The first-order valence-electron chi connectivity index (χ1n) is 3.14. The van der Waals surface area contributed by atoms with Gasteiger partial charge in [0.15, 0.2) is 0 Å². The highest BCUT2D eigenvalue weighted by Gasteiger charge is 2.17. The van der Waals surface area contributed by atoms with Crippen molar-refractivity contribution in [3.05, 3.63) is 23.8 Å². The minimum atomic E-state index is 0.372. The highest BCUT2D eigenvalue weighted by atomic mass is 127. The molecule has 0 N–H and O–H groups in total. The second kappa shape index (κ2) is 2.45. The Hall–Kier alpha value is 0.210. The first kappa shape index (κ1) is 7.32. The Bertz CT molecular complexity index is 163. The van der Waals surface area contributed by atoms with E-state index in [1.54, 1.807) is 0 Å². The summed E-state index contributed by atoms with van der Waals surface area (Å²) in [5, 5.41) is 0. The smallest absolute Gasteiger partial charge is 0.0412 e. The number of hydrogen-bond donors (Lipinski definition) is 0. The molecule has 0 saturated carbocycles.